The molecule has 1 aromatic heterocycles. The summed E-state index contributed by atoms with van der Waals surface area (Å²) in [4.78, 5) is 21.4. The number of aryl methyl sites for hydroxylation is 2. The van der Waals surface area contributed by atoms with Crippen molar-refractivity contribution in [3.63, 3.8) is 0 Å². The van der Waals surface area contributed by atoms with Gasteiger partial charge in [0.05, 0.1) is 6.10 Å². The molecule has 0 fully saturated rings. The summed E-state index contributed by atoms with van der Waals surface area (Å²) < 4.78 is 5.62. The van der Waals surface area contributed by atoms with Crippen molar-refractivity contribution < 1.29 is 9.53 Å². The fourth-order valence-electron chi connectivity index (χ4n) is 2.74. The summed E-state index contributed by atoms with van der Waals surface area (Å²) in [6.07, 6.45) is 0.102. The third-order valence-electron chi connectivity index (χ3n) is 4.14. The number of ether oxygens (including phenoxy) is 1. The molecule has 0 atom stereocenters. The smallest absolute Gasteiger partial charge is 0.274 e. The number of hydrogen-bond donors (Lipinski definition) is 2. The van der Waals surface area contributed by atoms with Crippen LogP contribution in [0.25, 0.3) is 0 Å². The summed E-state index contributed by atoms with van der Waals surface area (Å²) in [5, 5.41) is 6.05. The quantitative estimate of drug-likeness (QED) is 0.609. The van der Waals surface area contributed by atoms with Crippen molar-refractivity contribution in [1.82, 2.24) is 9.97 Å². The molecule has 0 unspecified atom stereocenters. The Kier molecular flexibility index (Phi) is 6.44. The molecule has 3 rings (SSSR count). The SMILES string of the molecule is Cc1ccc(CNc2nc(C)cc(C(=O)Nc3ccc(OC(C)C)cc3)n2)cc1. The number of hydrogen-bond acceptors (Lipinski definition) is 5. The molecule has 29 heavy (non-hydrogen) atoms. The van der Waals surface area contributed by atoms with Gasteiger partial charge in [-0.25, -0.2) is 9.97 Å². The molecular formula is C23H26N4O2. The summed E-state index contributed by atoms with van der Waals surface area (Å²) in [5.41, 5.74) is 4.04. The van der Waals surface area contributed by atoms with Gasteiger partial charge in [-0.3, -0.25) is 4.79 Å². The van der Waals surface area contributed by atoms with Crippen molar-refractivity contribution in [2.24, 2.45) is 0 Å². The van der Waals surface area contributed by atoms with Crippen molar-refractivity contribution in [2.45, 2.75) is 40.3 Å². The highest BCUT2D eigenvalue weighted by Crippen LogP contribution is 2.18. The van der Waals surface area contributed by atoms with E-state index >= 15 is 0 Å². The average molecular weight is 390 g/mol. The highest BCUT2D eigenvalue weighted by atomic mass is 16.5. The predicted molar refractivity (Wildman–Crippen MR) is 115 cm³/mol. The van der Waals surface area contributed by atoms with Gasteiger partial charge in [0.25, 0.3) is 5.91 Å². The molecule has 150 valence electrons. The van der Waals surface area contributed by atoms with Crippen molar-refractivity contribution in [1.29, 1.82) is 0 Å². The first kappa shape index (κ1) is 20.3. The van der Waals surface area contributed by atoms with Crippen molar-refractivity contribution >= 4 is 17.5 Å². The number of rotatable bonds is 7. The Morgan fingerprint density at radius 1 is 1.00 bits per heavy atom. The van der Waals surface area contributed by atoms with Crippen LogP contribution in [0.1, 0.15) is 41.2 Å². The third kappa shape index (κ3) is 6.04. The number of amides is 1. The van der Waals surface area contributed by atoms with Gasteiger partial charge in [0, 0.05) is 17.9 Å². The van der Waals surface area contributed by atoms with Crippen LogP contribution < -0.4 is 15.4 Å². The van der Waals surface area contributed by atoms with Gasteiger partial charge in [0.2, 0.25) is 5.95 Å². The maximum atomic E-state index is 12.6. The zero-order valence-electron chi connectivity index (χ0n) is 17.2. The van der Waals surface area contributed by atoms with Crippen LogP contribution in [0.5, 0.6) is 5.75 Å². The van der Waals surface area contributed by atoms with E-state index in [4.69, 9.17) is 4.74 Å². The van der Waals surface area contributed by atoms with E-state index in [1.54, 1.807) is 18.2 Å². The first-order valence-electron chi connectivity index (χ1n) is 9.62. The van der Waals surface area contributed by atoms with Crippen LogP contribution in [0.2, 0.25) is 0 Å². The van der Waals surface area contributed by atoms with Crippen LogP contribution in [0, 0.1) is 13.8 Å². The van der Waals surface area contributed by atoms with Crippen molar-refractivity contribution in [3.8, 4) is 5.75 Å². The first-order valence-corrected chi connectivity index (χ1v) is 9.62. The van der Waals surface area contributed by atoms with Gasteiger partial charge >= 0.3 is 0 Å². The molecule has 1 heterocycles. The summed E-state index contributed by atoms with van der Waals surface area (Å²) in [6, 6.07) is 17.2. The molecule has 0 aliphatic carbocycles. The number of benzene rings is 2. The van der Waals surface area contributed by atoms with E-state index in [-0.39, 0.29) is 12.0 Å². The number of carbonyl (C=O) groups excluding carboxylic acids is 1. The molecule has 1 amide bonds. The molecule has 6 heteroatoms. The normalized spacial score (nSPS) is 10.7. The maximum Gasteiger partial charge on any atom is 0.274 e. The molecule has 6 nitrogen and oxygen atoms in total. The summed E-state index contributed by atoms with van der Waals surface area (Å²) in [5.74, 6) is 0.904. The highest BCUT2D eigenvalue weighted by molar-refractivity contribution is 6.03. The molecule has 0 saturated carbocycles. The topological polar surface area (TPSA) is 76.1 Å². The largest absolute Gasteiger partial charge is 0.491 e. The standard InChI is InChI=1S/C23H26N4O2/c1-15(2)29-20-11-9-19(10-12-20)26-22(28)21-13-17(4)25-23(27-21)24-14-18-7-5-16(3)6-8-18/h5-13,15H,14H2,1-4H3,(H,26,28)(H,24,25,27). The molecule has 2 aromatic carbocycles. The molecule has 0 saturated heterocycles. The van der Waals surface area contributed by atoms with E-state index in [1.807, 2.05) is 32.9 Å². The molecule has 0 spiro atoms. The van der Waals surface area contributed by atoms with E-state index < -0.39 is 0 Å². The number of anilines is 2. The number of nitrogens with one attached hydrogen (secondary N) is 2. The molecule has 0 bridgehead atoms. The van der Waals surface area contributed by atoms with Gasteiger partial charge < -0.3 is 15.4 Å². The van der Waals surface area contributed by atoms with Gasteiger partial charge in [0.1, 0.15) is 11.4 Å². The minimum absolute atomic E-state index is 0.102. The number of aromatic nitrogens is 2. The minimum atomic E-state index is -0.286. The van der Waals surface area contributed by atoms with Crippen LogP contribution in [0.3, 0.4) is 0 Å². The van der Waals surface area contributed by atoms with Gasteiger partial charge in [-0.1, -0.05) is 29.8 Å². The molecule has 0 aliphatic heterocycles. The van der Waals surface area contributed by atoms with Crippen molar-refractivity contribution in [3.05, 3.63) is 77.1 Å². The third-order valence-corrected chi connectivity index (χ3v) is 4.14. The lowest BCUT2D eigenvalue weighted by Gasteiger charge is -2.11. The summed E-state index contributed by atoms with van der Waals surface area (Å²) in [7, 11) is 0. The van der Waals surface area contributed by atoms with Crippen LogP contribution >= 0.6 is 0 Å². The monoisotopic (exact) mass is 390 g/mol. The van der Waals surface area contributed by atoms with Gasteiger partial charge in [-0.05, 0) is 63.6 Å². The predicted octanol–water partition coefficient (Wildman–Crippen LogP) is 4.75. The first-order chi connectivity index (χ1) is 13.9. The van der Waals surface area contributed by atoms with Gasteiger partial charge in [0.15, 0.2) is 0 Å². The Bertz CT molecular complexity index is 967. The summed E-state index contributed by atoms with van der Waals surface area (Å²) >= 11 is 0. The zero-order valence-corrected chi connectivity index (χ0v) is 17.2. The Hall–Kier alpha value is -3.41. The fourth-order valence-corrected chi connectivity index (χ4v) is 2.74. The fraction of sp³-hybridized carbons (Fsp3) is 0.261. The minimum Gasteiger partial charge on any atom is -0.491 e. The average Bonchev–Trinajstić information content (AvgIpc) is 2.68. The Morgan fingerprint density at radius 3 is 2.34 bits per heavy atom. The second-order valence-corrected chi connectivity index (χ2v) is 7.20. The molecule has 3 aromatic rings. The van der Waals surface area contributed by atoms with Crippen molar-refractivity contribution in [2.75, 3.05) is 10.6 Å². The lowest BCUT2D eigenvalue weighted by atomic mass is 10.1. The Morgan fingerprint density at radius 2 is 1.69 bits per heavy atom. The molecule has 0 aliphatic rings. The molecule has 0 radical (unpaired) electrons. The van der Waals surface area contributed by atoms with E-state index in [9.17, 15) is 4.79 Å². The van der Waals surface area contributed by atoms with Crippen LogP contribution in [-0.4, -0.2) is 22.0 Å². The van der Waals surface area contributed by atoms with Gasteiger partial charge in [-0.15, -0.1) is 0 Å². The number of nitrogens with zero attached hydrogens (tertiary/aromatic N) is 2. The lowest BCUT2D eigenvalue weighted by Crippen LogP contribution is -2.16. The van der Waals surface area contributed by atoms with Crippen LogP contribution in [0.4, 0.5) is 11.6 Å². The zero-order chi connectivity index (χ0) is 20.8. The Balaban J connectivity index is 1.66. The Labute approximate surface area is 171 Å². The van der Waals surface area contributed by atoms with E-state index in [0.29, 0.717) is 23.9 Å². The molecular weight excluding hydrogens is 364 g/mol. The van der Waals surface area contributed by atoms with Gasteiger partial charge in [-0.2, -0.15) is 0 Å². The van der Waals surface area contributed by atoms with Crippen LogP contribution in [-0.2, 0) is 6.54 Å². The highest BCUT2D eigenvalue weighted by Gasteiger charge is 2.11. The van der Waals surface area contributed by atoms with Crippen LogP contribution in [0.15, 0.2) is 54.6 Å². The maximum absolute atomic E-state index is 12.6. The summed E-state index contributed by atoms with van der Waals surface area (Å²) in [6.45, 7) is 8.42. The lowest BCUT2D eigenvalue weighted by molar-refractivity contribution is 0.102. The second kappa shape index (κ2) is 9.19. The van der Waals surface area contributed by atoms with E-state index in [0.717, 1.165) is 17.0 Å². The number of carbonyl (C=O) groups is 1. The van der Waals surface area contributed by atoms with E-state index in [2.05, 4.69) is 51.8 Å². The second-order valence-electron chi connectivity index (χ2n) is 7.20. The van der Waals surface area contributed by atoms with E-state index in [1.165, 1.54) is 5.56 Å². The molecule has 2 N–H and O–H groups in total.